The van der Waals surface area contributed by atoms with Crippen LogP contribution in [0.3, 0.4) is 0 Å². The van der Waals surface area contributed by atoms with Gasteiger partial charge in [0.25, 0.3) is 5.91 Å². The third kappa shape index (κ3) is 3.69. The molecule has 7 heteroatoms. The molecule has 0 aliphatic rings. The van der Waals surface area contributed by atoms with E-state index in [1.54, 1.807) is 13.8 Å². The van der Waals surface area contributed by atoms with Crippen LogP contribution in [0.4, 0.5) is 13.2 Å². The van der Waals surface area contributed by atoms with Gasteiger partial charge in [-0.3, -0.25) is 4.79 Å². The second kappa shape index (κ2) is 4.68. The first kappa shape index (κ1) is 13.4. The molecule has 0 saturated carbocycles. The molecule has 0 atom stereocenters. The lowest BCUT2D eigenvalue weighted by atomic mass is 10.3. The lowest BCUT2D eigenvalue weighted by Crippen LogP contribution is -2.32. The minimum absolute atomic E-state index is 0.0984. The molecule has 4 nitrogen and oxygen atoms in total. The predicted octanol–water partition coefficient (Wildman–Crippen LogP) is 1.94. The maximum absolute atomic E-state index is 12.5. The van der Waals surface area contributed by atoms with E-state index in [0.717, 1.165) is 6.07 Å². The highest BCUT2D eigenvalue weighted by Crippen LogP contribution is 2.27. The van der Waals surface area contributed by atoms with Crippen LogP contribution in [0, 0.1) is 6.92 Å². The SMILES string of the molecule is Cc1cc(C(F)(F)F)nc(C(=O)NC(C)C)n1. The number of alkyl halides is 3. The molecule has 17 heavy (non-hydrogen) atoms. The Morgan fingerprint density at radius 2 is 1.94 bits per heavy atom. The Kier molecular flexibility index (Phi) is 3.69. The van der Waals surface area contributed by atoms with Crippen molar-refractivity contribution in [3.05, 3.63) is 23.3 Å². The quantitative estimate of drug-likeness (QED) is 0.868. The first-order chi connectivity index (χ1) is 7.70. The number of hydrogen-bond donors (Lipinski definition) is 1. The van der Waals surface area contributed by atoms with Gasteiger partial charge in [-0.15, -0.1) is 0 Å². The standard InChI is InChI=1S/C10H12F3N3O/c1-5(2)14-9(17)8-15-6(3)4-7(16-8)10(11,12)13/h4-5H,1-3H3,(H,14,17). The highest BCUT2D eigenvalue weighted by molar-refractivity contribution is 5.90. The van der Waals surface area contributed by atoms with Crippen molar-refractivity contribution in [1.82, 2.24) is 15.3 Å². The average molecular weight is 247 g/mol. The number of amides is 1. The number of carbonyl (C=O) groups excluding carboxylic acids is 1. The molecule has 0 fully saturated rings. The van der Waals surface area contributed by atoms with Gasteiger partial charge < -0.3 is 5.32 Å². The molecule has 0 aliphatic heterocycles. The van der Waals surface area contributed by atoms with Crippen LogP contribution in [0.25, 0.3) is 0 Å². The van der Waals surface area contributed by atoms with E-state index in [9.17, 15) is 18.0 Å². The summed E-state index contributed by atoms with van der Waals surface area (Å²) in [6.45, 7) is 4.76. The van der Waals surface area contributed by atoms with Gasteiger partial charge in [0, 0.05) is 11.7 Å². The molecule has 0 unspecified atom stereocenters. The van der Waals surface area contributed by atoms with Crippen molar-refractivity contribution in [2.45, 2.75) is 33.0 Å². The molecule has 0 bridgehead atoms. The zero-order chi connectivity index (χ0) is 13.2. The van der Waals surface area contributed by atoms with E-state index in [4.69, 9.17) is 0 Å². The number of nitrogens with one attached hydrogen (secondary N) is 1. The lowest BCUT2D eigenvalue weighted by molar-refractivity contribution is -0.141. The van der Waals surface area contributed by atoms with E-state index in [2.05, 4.69) is 15.3 Å². The van der Waals surface area contributed by atoms with Gasteiger partial charge in [0.1, 0.15) is 5.69 Å². The van der Waals surface area contributed by atoms with Crippen molar-refractivity contribution in [2.75, 3.05) is 0 Å². The third-order valence-electron chi connectivity index (χ3n) is 1.77. The smallest absolute Gasteiger partial charge is 0.347 e. The Hall–Kier alpha value is -1.66. The summed E-state index contributed by atoms with van der Waals surface area (Å²) < 4.78 is 37.4. The summed E-state index contributed by atoms with van der Waals surface area (Å²) in [5, 5.41) is 2.43. The predicted molar refractivity (Wildman–Crippen MR) is 54.4 cm³/mol. The second-order valence-electron chi connectivity index (χ2n) is 3.84. The van der Waals surface area contributed by atoms with Crippen molar-refractivity contribution >= 4 is 5.91 Å². The molecular formula is C10H12F3N3O. The van der Waals surface area contributed by atoms with Crippen LogP contribution in [0.15, 0.2) is 6.07 Å². The van der Waals surface area contributed by atoms with Crippen LogP contribution in [0.2, 0.25) is 0 Å². The van der Waals surface area contributed by atoms with Crippen molar-refractivity contribution in [3.8, 4) is 0 Å². The fourth-order valence-electron chi connectivity index (χ4n) is 1.14. The van der Waals surface area contributed by atoms with Crippen molar-refractivity contribution in [1.29, 1.82) is 0 Å². The molecular weight excluding hydrogens is 235 g/mol. The Morgan fingerprint density at radius 1 is 1.35 bits per heavy atom. The van der Waals surface area contributed by atoms with Crippen molar-refractivity contribution in [3.63, 3.8) is 0 Å². The number of rotatable bonds is 2. The first-order valence-corrected chi connectivity index (χ1v) is 4.94. The molecule has 1 N–H and O–H groups in total. The molecule has 1 heterocycles. The molecule has 0 aromatic carbocycles. The van der Waals surface area contributed by atoms with Crippen LogP contribution >= 0.6 is 0 Å². The molecule has 0 spiro atoms. The Morgan fingerprint density at radius 3 is 2.41 bits per heavy atom. The minimum atomic E-state index is -4.58. The summed E-state index contributed by atoms with van der Waals surface area (Å²) in [5.74, 6) is -1.18. The fourth-order valence-corrected chi connectivity index (χ4v) is 1.14. The van der Waals surface area contributed by atoms with Gasteiger partial charge in [0.15, 0.2) is 0 Å². The normalized spacial score (nSPS) is 11.7. The van der Waals surface area contributed by atoms with Crippen LogP contribution in [0.5, 0.6) is 0 Å². The van der Waals surface area contributed by atoms with Crippen LogP contribution in [-0.4, -0.2) is 21.9 Å². The zero-order valence-corrected chi connectivity index (χ0v) is 9.59. The van der Waals surface area contributed by atoms with E-state index >= 15 is 0 Å². The topological polar surface area (TPSA) is 54.9 Å². The molecule has 1 rings (SSSR count). The third-order valence-corrected chi connectivity index (χ3v) is 1.77. The monoisotopic (exact) mass is 247 g/mol. The maximum Gasteiger partial charge on any atom is 0.433 e. The maximum atomic E-state index is 12.5. The highest BCUT2D eigenvalue weighted by Gasteiger charge is 2.34. The van der Waals surface area contributed by atoms with Gasteiger partial charge >= 0.3 is 6.18 Å². The lowest BCUT2D eigenvalue weighted by Gasteiger charge is -2.10. The van der Waals surface area contributed by atoms with E-state index in [-0.39, 0.29) is 11.7 Å². The van der Waals surface area contributed by atoms with Gasteiger partial charge in [-0.25, -0.2) is 9.97 Å². The Balaban J connectivity index is 3.10. The molecule has 1 aromatic rings. The molecule has 0 aliphatic carbocycles. The second-order valence-corrected chi connectivity index (χ2v) is 3.84. The minimum Gasteiger partial charge on any atom is -0.347 e. The van der Waals surface area contributed by atoms with E-state index in [0.29, 0.717) is 0 Å². The fraction of sp³-hybridized carbons (Fsp3) is 0.500. The first-order valence-electron chi connectivity index (χ1n) is 4.94. The van der Waals surface area contributed by atoms with Crippen molar-refractivity contribution < 1.29 is 18.0 Å². The summed E-state index contributed by atoms with van der Waals surface area (Å²) in [7, 11) is 0. The van der Waals surface area contributed by atoms with Gasteiger partial charge in [-0.05, 0) is 26.8 Å². The molecule has 0 radical (unpaired) electrons. The molecule has 1 aromatic heterocycles. The van der Waals surface area contributed by atoms with Gasteiger partial charge in [-0.1, -0.05) is 0 Å². The number of halogens is 3. The van der Waals surface area contributed by atoms with Gasteiger partial charge in [0.05, 0.1) is 0 Å². The van der Waals surface area contributed by atoms with Gasteiger partial charge in [0.2, 0.25) is 5.82 Å². The van der Waals surface area contributed by atoms with E-state index in [1.165, 1.54) is 6.92 Å². The number of carbonyl (C=O) groups is 1. The van der Waals surface area contributed by atoms with Crippen LogP contribution in [0.1, 0.15) is 35.9 Å². The molecule has 94 valence electrons. The van der Waals surface area contributed by atoms with Gasteiger partial charge in [-0.2, -0.15) is 13.2 Å². The van der Waals surface area contributed by atoms with E-state index < -0.39 is 23.6 Å². The number of nitrogens with zero attached hydrogens (tertiary/aromatic N) is 2. The summed E-state index contributed by atoms with van der Waals surface area (Å²) in [6.07, 6.45) is -4.58. The summed E-state index contributed by atoms with van der Waals surface area (Å²) in [4.78, 5) is 18.4. The zero-order valence-electron chi connectivity index (χ0n) is 9.59. The summed E-state index contributed by atoms with van der Waals surface area (Å²) in [6, 6.07) is 0.604. The van der Waals surface area contributed by atoms with Crippen LogP contribution < -0.4 is 5.32 Å². The summed E-state index contributed by atoms with van der Waals surface area (Å²) in [5.41, 5.74) is -1.01. The number of aryl methyl sites for hydroxylation is 1. The Bertz CT molecular complexity index is 429. The largest absolute Gasteiger partial charge is 0.433 e. The summed E-state index contributed by atoms with van der Waals surface area (Å²) >= 11 is 0. The highest BCUT2D eigenvalue weighted by atomic mass is 19.4. The molecule has 0 saturated heterocycles. The number of hydrogen-bond acceptors (Lipinski definition) is 3. The van der Waals surface area contributed by atoms with Crippen molar-refractivity contribution in [2.24, 2.45) is 0 Å². The number of aromatic nitrogens is 2. The van der Waals surface area contributed by atoms with Crippen LogP contribution in [-0.2, 0) is 6.18 Å². The van der Waals surface area contributed by atoms with E-state index in [1.807, 2.05) is 0 Å². The molecule has 1 amide bonds. The Labute approximate surface area is 96.3 Å². The average Bonchev–Trinajstić information content (AvgIpc) is 2.14.